The normalized spacial score (nSPS) is 14.8. The molecular formula is C15H22N6O4. The van der Waals surface area contributed by atoms with Crippen molar-refractivity contribution in [2.75, 3.05) is 40.0 Å². The molecule has 0 aromatic heterocycles. The van der Waals surface area contributed by atoms with E-state index in [4.69, 9.17) is 31.4 Å². The van der Waals surface area contributed by atoms with Crippen LogP contribution in [0, 0.1) is 0 Å². The fourth-order valence-electron chi connectivity index (χ4n) is 2.18. The number of nitrogens with two attached hydrogens (primary N) is 3. The first-order valence-corrected chi connectivity index (χ1v) is 7.59. The summed E-state index contributed by atoms with van der Waals surface area (Å²) in [7, 11) is 1.48. The van der Waals surface area contributed by atoms with Crippen LogP contribution in [0.2, 0.25) is 0 Å². The molecule has 1 aromatic carbocycles. The number of carbonyl (C=O) groups is 1. The van der Waals surface area contributed by atoms with Gasteiger partial charge < -0.3 is 36.3 Å². The van der Waals surface area contributed by atoms with Crippen LogP contribution in [-0.2, 0) is 9.53 Å². The van der Waals surface area contributed by atoms with Crippen molar-refractivity contribution in [3.8, 4) is 11.5 Å². The Bertz CT molecular complexity index is 666. The van der Waals surface area contributed by atoms with E-state index in [-0.39, 0.29) is 24.4 Å². The topological polar surface area (TPSA) is 151 Å². The number of rotatable bonds is 5. The highest BCUT2D eigenvalue weighted by molar-refractivity contribution is 5.93. The Balaban J connectivity index is 2.03. The van der Waals surface area contributed by atoms with Crippen molar-refractivity contribution in [3.63, 3.8) is 0 Å². The highest BCUT2D eigenvalue weighted by Crippen LogP contribution is 2.31. The number of morpholine rings is 1. The van der Waals surface area contributed by atoms with Crippen molar-refractivity contribution in [1.29, 1.82) is 0 Å². The van der Waals surface area contributed by atoms with Crippen molar-refractivity contribution >= 4 is 23.5 Å². The van der Waals surface area contributed by atoms with Gasteiger partial charge in [0.05, 0.1) is 26.0 Å². The zero-order valence-electron chi connectivity index (χ0n) is 14.0. The minimum absolute atomic E-state index is 0.0850. The summed E-state index contributed by atoms with van der Waals surface area (Å²) in [6.07, 6.45) is 0. The number of carbonyl (C=O) groups excluding carboxylic acids is 1. The molecule has 6 N–H and O–H groups in total. The molecule has 0 aliphatic carbocycles. The first-order chi connectivity index (χ1) is 12.0. The van der Waals surface area contributed by atoms with Gasteiger partial charge in [0.2, 0.25) is 5.96 Å². The number of amides is 1. The Kier molecular flexibility index (Phi) is 6.40. The lowest BCUT2D eigenvalue weighted by molar-refractivity contribution is -0.137. The van der Waals surface area contributed by atoms with E-state index in [2.05, 4.69) is 9.98 Å². The number of hydrogen-bond donors (Lipinski definition) is 3. The van der Waals surface area contributed by atoms with Gasteiger partial charge in [-0.2, -0.15) is 4.99 Å². The molecule has 1 aliphatic rings. The number of methoxy groups -OCH3 is 1. The van der Waals surface area contributed by atoms with Crippen LogP contribution >= 0.6 is 0 Å². The van der Waals surface area contributed by atoms with Gasteiger partial charge in [-0.3, -0.25) is 4.79 Å². The van der Waals surface area contributed by atoms with Gasteiger partial charge in [-0.15, -0.1) is 0 Å². The van der Waals surface area contributed by atoms with Crippen molar-refractivity contribution in [1.82, 2.24) is 4.90 Å². The van der Waals surface area contributed by atoms with Crippen LogP contribution in [0.4, 0.5) is 5.69 Å². The van der Waals surface area contributed by atoms with E-state index in [1.807, 2.05) is 0 Å². The molecule has 10 heteroatoms. The van der Waals surface area contributed by atoms with Crippen molar-refractivity contribution in [2.45, 2.75) is 0 Å². The molecule has 25 heavy (non-hydrogen) atoms. The minimum atomic E-state index is -0.185. The van der Waals surface area contributed by atoms with Gasteiger partial charge in [0.1, 0.15) is 0 Å². The first-order valence-electron chi connectivity index (χ1n) is 7.59. The molecule has 1 fully saturated rings. The summed E-state index contributed by atoms with van der Waals surface area (Å²) >= 11 is 0. The number of ether oxygens (including phenoxy) is 3. The van der Waals surface area contributed by atoms with E-state index >= 15 is 0 Å². The fraction of sp³-hybridized carbons (Fsp3) is 0.400. The lowest BCUT2D eigenvalue weighted by Crippen LogP contribution is -2.42. The second-order valence-electron chi connectivity index (χ2n) is 5.12. The summed E-state index contributed by atoms with van der Waals surface area (Å²) < 4.78 is 16.0. The summed E-state index contributed by atoms with van der Waals surface area (Å²) in [5.74, 6) is 0.453. The molecule has 1 aliphatic heterocycles. The second kappa shape index (κ2) is 8.73. The zero-order valence-corrected chi connectivity index (χ0v) is 14.0. The molecule has 0 atom stereocenters. The van der Waals surface area contributed by atoms with Gasteiger partial charge in [-0.1, -0.05) is 0 Å². The monoisotopic (exact) mass is 350 g/mol. The first kappa shape index (κ1) is 18.3. The van der Waals surface area contributed by atoms with E-state index in [0.29, 0.717) is 43.5 Å². The number of guanidine groups is 2. The van der Waals surface area contributed by atoms with Crippen LogP contribution in [0.1, 0.15) is 0 Å². The lowest BCUT2D eigenvalue weighted by atomic mass is 10.3. The summed E-state index contributed by atoms with van der Waals surface area (Å²) in [5.41, 5.74) is 16.5. The lowest BCUT2D eigenvalue weighted by Gasteiger charge is -2.26. The Labute approximate surface area is 145 Å². The third-order valence-electron chi connectivity index (χ3n) is 3.35. The molecule has 2 rings (SSSR count). The van der Waals surface area contributed by atoms with E-state index in [9.17, 15) is 4.79 Å². The predicted octanol–water partition coefficient (Wildman–Crippen LogP) is -0.848. The average molecular weight is 350 g/mol. The average Bonchev–Trinajstić information content (AvgIpc) is 2.60. The van der Waals surface area contributed by atoms with Gasteiger partial charge in [0.25, 0.3) is 5.91 Å². The van der Waals surface area contributed by atoms with E-state index in [1.54, 1.807) is 23.1 Å². The largest absolute Gasteiger partial charge is 0.493 e. The predicted molar refractivity (Wildman–Crippen MR) is 93.0 cm³/mol. The number of benzene rings is 1. The maximum absolute atomic E-state index is 12.1. The Morgan fingerprint density at radius 3 is 2.60 bits per heavy atom. The van der Waals surface area contributed by atoms with Gasteiger partial charge in [-0.25, -0.2) is 4.99 Å². The number of hydrogen-bond acceptors (Lipinski definition) is 5. The van der Waals surface area contributed by atoms with Crippen LogP contribution in [0.15, 0.2) is 28.2 Å². The van der Waals surface area contributed by atoms with Crippen molar-refractivity contribution < 1.29 is 19.0 Å². The van der Waals surface area contributed by atoms with E-state index < -0.39 is 0 Å². The van der Waals surface area contributed by atoms with Gasteiger partial charge in [0, 0.05) is 19.2 Å². The van der Waals surface area contributed by atoms with Crippen molar-refractivity contribution in [3.05, 3.63) is 18.2 Å². The van der Waals surface area contributed by atoms with Crippen LogP contribution in [-0.4, -0.2) is 62.7 Å². The Hall–Kier alpha value is -3.01. The quantitative estimate of drug-likeness (QED) is 0.462. The molecule has 136 valence electrons. The number of nitrogens with zero attached hydrogens (tertiary/aromatic N) is 3. The third-order valence-corrected chi connectivity index (χ3v) is 3.35. The van der Waals surface area contributed by atoms with Crippen molar-refractivity contribution in [2.24, 2.45) is 27.2 Å². The highest BCUT2D eigenvalue weighted by atomic mass is 16.5. The summed E-state index contributed by atoms with van der Waals surface area (Å²) in [6, 6.07) is 4.88. The molecular weight excluding hydrogens is 328 g/mol. The molecule has 0 radical (unpaired) electrons. The maximum atomic E-state index is 12.1. The Morgan fingerprint density at radius 1 is 1.24 bits per heavy atom. The summed E-state index contributed by atoms with van der Waals surface area (Å²) in [4.78, 5) is 21.5. The van der Waals surface area contributed by atoms with E-state index in [0.717, 1.165) is 0 Å². The molecule has 0 unspecified atom stereocenters. The second-order valence-corrected chi connectivity index (χ2v) is 5.12. The molecule has 1 saturated heterocycles. The molecule has 1 heterocycles. The Morgan fingerprint density at radius 2 is 1.96 bits per heavy atom. The molecule has 0 saturated carbocycles. The van der Waals surface area contributed by atoms with Gasteiger partial charge in [0.15, 0.2) is 24.1 Å². The molecule has 1 amide bonds. The zero-order chi connectivity index (χ0) is 18.2. The molecule has 10 nitrogen and oxygen atoms in total. The summed E-state index contributed by atoms with van der Waals surface area (Å²) in [5, 5.41) is 0. The molecule has 0 spiro atoms. The fourth-order valence-corrected chi connectivity index (χ4v) is 2.18. The minimum Gasteiger partial charge on any atom is -0.493 e. The molecule has 1 aromatic rings. The van der Waals surface area contributed by atoms with E-state index in [1.165, 1.54) is 7.11 Å². The highest BCUT2D eigenvalue weighted by Gasteiger charge is 2.18. The van der Waals surface area contributed by atoms with Gasteiger partial charge in [-0.05, 0) is 12.1 Å². The van der Waals surface area contributed by atoms with Crippen LogP contribution in [0.25, 0.3) is 0 Å². The van der Waals surface area contributed by atoms with Crippen LogP contribution in [0.3, 0.4) is 0 Å². The molecule has 0 bridgehead atoms. The summed E-state index contributed by atoms with van der Waals surface area (Å²) in [6.45, 7) is 2.13. The standard InChI is InChI=1S/C15H22N6O4/c1-23-12-8-10(19-15(18)20-14(16)17)2-3-11(12)25-9-13(22)21-4-6-24-7-5-21/h2-3,8H,4-7,9H2,1H3,(H6,16,17,18,19,20). The van der Waals surface area contributed by atoms with Crippen LogP contribution < -0.4 is 26.7 Å². The number of aliphatic imine (C=N–C) groups is 2. The SMILES string of the molecule is COc1cc(N=C(N)N=C(N)N)ccc1OCC(=O)N1CCOCC1. The third kappa shape index (κ3) is 5.53. The maximum Gasteiger partial charge on any atom is 0.260 e. The van der Waals surface area contributed by atoms with Crippen LogP contribution in [0.5, 0.6) is 11.5 Å². The smallest absolute Gasteiger partial charge is 0.260 e. The van der Waals surface area contributed by atoms with Gasteiger partial charge >= 0.3 is 0 Å².